The minimum Gasteiger partial charge on any atom is -0.412 e. The van der Waals surface area contributed by atoms with Crippen molar-refractivity contribution >= 4 is 27.3 Å². The summed E-state index contributed by atoms with van der Waals surface area (Å²) >= 11 is 0. The van der Waals surface area contributed by atoms with E-state index < -0.39 is 15.3 Å². The number of hydrogen-bond acceptors (Lipinski definition) is 6. The normalized spacial score (nSPS) is 4.50. The fourth-order valence-electron chi connectivity index (χ4n) is 0. The first-order chi connectivity index (χ1) is 5.20. The van der Waals surface area contributed by atoms with Crippen LogP contribution in [0.2, 0.25) is 0 Å². The molecular formula is H9N3O12Tl. The van der Waals surface area contributed by atoms with Crippen LogP contribution in [0.1, 0.15) is 0 Å². The molecule has 0 heterocycles. The van der Waals surface area contributed by atoms with Crippen LogP contribution >= 0.6 is 0 Å². The van der Waals surface area contributed by atoms with Gasteiger partial charge in [-0.1, -0.05) is 0 Å². The molecule has 0 bridgehead atoms. The van der Waals surface area contributed by atoms with Crippen LogP contribution in [0.3, 0.4) is 0 Å². The Bertz CT molecular complexity index is 114. The molecule has 0 aromatic rings. The minimum atomic E-state index is -1.50. The minimum absolute atomic E-state index is 0. The molecule has 0 amide bonds. The summed E-state index contributed by atoms with van der Waals surface area (Å²) in [4.78, 5) is 25.1. The first-order valence-electron chi connectivity index (χ1n) is 1.70. The predicted molar refractivity (Wildman–Crippen MR) is 42.9 cm³/mol. The van der Waals surface area contributed by atoms with Gasteiger partial charge in [-0.2, -0.15) is 0 Å². The average molecular weight is 447 g/mol. The second kappa shape index (κ2) is 37.6. The van der Waals surface area contributed by atoms with Crippen LogP contribution in [0.5, 0.6) is 0 Å². The molecule has 0 saturated carbocycles. The first kappa shape index (κ1) is 47.2. The summed E-state index contributed by atoms with van der Waals surface area (Å²) in [7, 11) is 0. The first-order valence-corrected chi connectivity index (χ1v) is 1.70. The van der Waals surface area contributed by atoms with Gasteiger partial charge in [0.05, 0.1) is 0 Å². The zero-order chi connectivity index (χ0) is 10.7. The maximum atomic E-state index is 8.36. The van der Waals surface area contributed by atoms with Crippen molar-refractivity contribution in [2.75, 3.05) is 0 Å². The van der Waals surface area contributed by atoms with E-state index in [2.05, 4.69) is 0 Å². The topological polar surface area (TPSA) is 285 Å². The summed E-state index contributed by atoms with van der Waals surface area (Å²) < 4.78 is 0. The molecule has 0 atom stereocenters. The molecule has 0 aliphatic rings. The number of hydrogen-bond donors (Lipinski definition) is 3. The van der Waals surface area contributed by atoms with Gasteiger partial charge >= 0.3 is 0 Å². The van der Waals surface area contributed by atoms with E-state index in [1.54, 1.807) is 0 Å². The average Bonchev–Trinajstić information content (AvgIpc) is 1.54. The Morgan fingerprint density at radius 3 is 0.625 bits per heavy atom. The second-order valence-corrected chi connectivity index (χ2v) is 0.714. The molecule has 0 saturated heterocycles. The van der Waals surface area contributed by atoms with Crippen molar-refractivity contribution in [2.45, 2.75) is 0 Å². The van der Waals surface area contributed by atoms with Crippen molar-refractivity contribution in [1.29, 1.82) is 0 Å². The third-order valence-corrected chi connectivity index (χ3v) is 0. The molecule has 0 spiro atoms. The van der Waals surface area contributed by atoms with Gasteiger partial charge in [-0.25, -0.2) is 0 Å². The van der Waals surface area contributed by atoms with Gasteiger partial charge in [0, 0.05) is 27.3 Å². The number of rotatable bonds is 0. The summed E-state index contributed by atoms with van der Waals surface area (Å²) in [5.74, 6) is 0. The van der Waals surface area contributed by atoms with E-state index in [1.807, 2.05) is 0 Å². The van der Waals surface area contributed by atoms with E-state index in [0.717, 1.165) is 0 Å². The smallest absolute Gasteiger partial charge is 0.291 e. The molecule has 16 heavy (non-hydrogen) atoms. The molecule has 1 radical (unpaired) electrons. The van der Waals surface area contributed by atoms with Gasteiger partial charge in [-0.15, -0.1) is 30.3 Å². The molecule has 0 unspecified atom stereocenters. The quantitative estimate of drug-likeness (QED) is 0.185. The molecule has 0 aromatic heterocycles. The fraction of sp³-hybridized carbons (Fsp3) is 0. The van der Waals surface area contributed by atoms with E-state index >= 15 is 0 Å². The van der Waals surface area contributed by atoms with Crippen molar-refractivity contribution in [3.05, 3.63) is 30.3 Å². The van der Waals surface area contributed by atoms with Crippen molar-refractivity contribution in [3.8, 4) is 0 Å². The molecule has 0 aromatic carbocycles. The van der Waals surface area contributed by atoms with Gasteiger partial charge in [0.15, 0.2) is 0 Å². The van der Waals surface area contributed by atoms with E-state index in [9.17, 15) is 0 Å². The van der Waals surface area contributed by atoms with Crippen LogP contribution in [0.25, 0.3) is 0 Å². The monoisotopic (exact) mass is 448 g/mol. The predicted octanol–water partition coefficient (Wildman–Crippen LogP) is -3.90. The maximum absolute atomic E-state index is 8.36. The molecule has 99 valence electrons. The summed E-state index contributed by atoms with van der Waals surface area (Å²) in [6, 6.07) is 0. The van der Waals surface area contributed by atoms with Gasteiger partial charge < -0.3 is 32.1 Å². The van der Waals surface area contributed by atoms with Crippen molar-refractivity contribution in [2.24, 2.45) is 0 Å². The third kappa shape index (κ3) is 631. The molecule has 0 aliphatic carbocycles. The van der Waals surface area contributed by atoms with Crippen LogP contribution in [-0.4, -0.2) is 74.6 Å². The second-order valence-electron chi connectivity index (χ2n) is 0.714. The zero-order valence-electron chi connectivity index (χ0n) is 7.21. The van der Waals surface area contributed by atoms with Crippen LogP contribution in [-0.2, 0) is 0 Å². The van der Waals surface area contributed by atoms with E-state index in [4.69, 9.17) is 46.0 Å². The third-order valence-electron chi connectivity index (χ3n) is 0. The summed E-state index contributed by atoms with van der Waals surface area (Å²) in [6.07, 6.45) is 0. The molecule has 0 fully saturated rings. The van der Waals surface area contributed by atoms with E-state index in [-0.39, 0.29) is 43.7 Å². The molecule has 15 nitrogen and oxygen atoms in total. The molecule has 0 aliphatic heterocycles. The van der Waals surface area contributed by atoms with Gasteiger partial charge in [0.2, 0.25) is 0 Å². The Balaban J connectivity index is -0.0000000135. The number of nitrogens with zero attached hydrogens (tertiary/aromatic N) is 3. The Morgan fingerprint density at radius 2 is 0.625 bits per heavy atom. The largest absolute Gasteiger partial charge is 0.412 e. The molecule has 9 N–H and O–H groups in total. The van der Waals surface area contributed by atoms with Gasteiger partial charge in [0.1, 0.15) is 0 Å². The van der Waals surface area contributed by atoms with Crippen molar-refractivity contribution in [1.82, 2.24) is 0 Å². The van der Waals surface area contributed by atoms with Gasteiger partial charge in [-0.05, 0) is 0 Å². The summed E-state index contributed by atoms with van der Waals surface area (Å²) in [6.45, 7) is 0. The van der Waals surface area contributed by atoms with Gasteiger partial charge in [-0.3, -0.25) is 0 Å². The molecule has 0 rings (SSSR count). The Morgan fingerprint density at radius 1 is 0.625 bits per heavy atom. The van der Waals surface area contributed by atoms with Crippen LogP contribution < -0.4 is 0 Å². The summed E-state index contributed by atoms with van der Waals surface area (Å²) in [5, 5.41) is 40.9. The Labute approximate surface area is 105 Å². The summed E-state index contributed by atoms with van der Waals surface area (Å²) in [5.41, 5.74) is 0. The standard InChI is InChI=1S/3HNO3.3H2O.Tl/c3*2-1(3)4;;;;/h3*(H,2,3,4);3*1H2;. The van der Waals surface area contributed by atoms with Crippen LogP contribution in [0.15, 0.2) is 0 Å². The van der Waals surface area contributed by atoms with Crippen LogP contribution in [0, 0.1) is 30.3 Å². The Kier molecular flexibility index (Phi) is 111. The van der Waals surface area contributed by atoms with E-state index in [0.29, 0.717) is 0 Å². The maximum Gasteiger partial charge on any atom is 0.291 e. The molecular weight excluding hydrogens is 438 g/mol. The van der Waals surface area contributed by atoms with Crippen molar-refractivity contribution < 1.29 is 47.3 Å². The van der Waals surface area contributed by atoms with E-state index in [1.165, 1.54) is 0 Å². The molecule has 16 heteroatoms. The van der Waals surface area contributed by atoms with Crippen molar-refractivity contribution in [3.63, 3.8) is 0 Å². The fourth-order valence-corrected chi connectivity index (χ4v) is 0. The Hall–Kier alpha value is -1.60. The van der Waals surface area contributed by atoms with Gasteiger partial charge in [0.25, 0.3) is 15.3 Å². The van der Waals surface area contributed by atoms with Crippen LogP contribution in [0.4, 0.5) is 0 Å². The zero-order valence-corrected chi connectivity index (χ0v) is 11.7. The SMILES string of the molecule is O.O.O.O=[N+]([O-])O.O=[N+]([O-])O.O=[N+]([O-])O.[Tl].